The Morgan fingerprint density at radius 1 is 1.21 bits per heavy atom. The summed E-state index contributed by atoms with van der Waals surface area (Å²) >= 11 is 3.60. The first-order valence-corrected chi connectivity index (χ1v) is 7.96. The molecular formula is C16H16OS2. The predicted octanol–water partition coefficient (Wildman–Crippen LogP) is 4.08. The number of thioether (sulfide) groups is 1. The lowest BCUT2D eigenvalue weighted by Crippen LogP contribution is -1.79. The molecule has 0 aliphatic carbocycles. The van der Waals surface area contributed by atoms with E-state index in [-0.39, 0.29) is 6.61 Å². The molecule has 0 saturated heterocycles. The van der Waals surface area contributed by atoms with Crippen LogP contribution in [0.4, 0.5) is 0 Å². The molecular weight excluding hydrogens is 272 g/mol. The fourth-order valence-electron chi connectivity index (χ4n) is 1.60. The third-order valence-electron chi connectivity index (χ3n) is 2.57. The van der Waals surface area contributed by atoms with E-state index >= 15 is 0 Å². The number of thiophene rings is 1. The summed E-state index contributed by atoms with van der Waals surface area (Å²) in [4.78, 5) is 3.75. The monoisotopic (exact) mass is 288 g/mol. The molecule has 0 atom stereocenters. The van der Waals surface area contributed by atoms with Gasteiger partial charge in [-0.1, -0.05) is 30.0 Å². The van der Waals surface area contributed by atoms with Crippen LogP contribution in [-0.2, 0) is 5.75 Å². The maximum atomic E-state index is 8.68. The van der Waals surface area contributed by atoms with Gasteiger partial charge in [-0.3, -0.25) is 0 Å². The molecule has 0 aliphatic rings. The molecule has 1 N–H and O–H groups in total. The van der Waals surface area contributed by atoms with Crippen molar-refractivity contribution >= 4 is 23.1 Å². The molecule has 1 aromatic carbocycles. The van der Waals surface area contributed by atoms with E-state index in [9.17, 15) is 0 Å². The van der Waals surface area contributed by atoms with Crippen LogP contribution in [0.15, 0.2) is 41.3 Å². The van der Waals surface area contributed by atoms with E-state index in [1.54, 1.807) is 11.3 Å². The molecule has 19 heavy (non-hydrogen) atoms. The predicted molar refractivity (Wildman–Crippen MR) is 83.6 cm³/mol. The van der Waals surface area contributed by atoms with Crippen molar-refractivity contribution in [3.8, 4) is 11.8 Å². The highest BCUT2D eigenvalue weighted by atomic mass is 32.2. The summed E-state index contributed by atoms with van der Waals surface area (Å²) in [6.45, 7) is 2.27. The van der Waals surface area contributed by atoms with Crippen molar-refractivity contribution in [3.05, 3.63) is 51.7 Å². The third-order valence-corrected chi connectivity index (χ3v) is 4.98. The van der Waals surface area contributed by atoms with Gasteiger partial charge in [0.05, 0.1) is 11.5 Å². The summed E-state index contributed by atoms with van der Waals surface area (Å²) in [7, 11) is 0. The van der Waals surface area contributed by atoms with Crippen molar-refractivity contribution in [2.24, 2.45) is 0 Å². The lowest BCUT2D eigenvalue weighted by Gasteiger charge is -2.03. The number of aliphatic hydroxyl groups excluding tert-OH is 1. The van der Waals surface area contributed by atoms with Gasteiger partial charge in [-0.05, 0) is 30.7 Å². The van der Waals surface area contributed by atoms with Crippen LogP contribution in [0.25, 0.3) is 0 Å². The van der Waals surface area contributed by atoms with Crippen molar-refractivity contribution in [1.29, 1.82) is 0 Å². The Labute approximate surface area is 122 Å². The van der Waals surface area contributed by atoms with Crippen LogP contribution in [0, 0.1) is 18.8 Å². The number of hydrogen-bond acceptors (Lipinski definition) is 3. The molecule has 0 spiro atoms. The summed E-state index contributed by atoms with van der Waals surface area (Å²) in [6, 6.07) is 12.6. The first kappa shape index (κ1) is 14.2. The summed E-state index contributed by atoms with van der Waals surface area (Å²) in [5.74, 6) is 7.01. The standard InChI is InChI=1S/C16H16OS2/c1-13-6-2-3-8-16(13)18-12-15-10-9-14(19-15)7-4-5-11-17/h2-3,6,8-10,17H,5,11-12H2,1H3. The minimum Gasteiger partial charge on any atom is -0.395 e. The van der Waals surface area contributed by atoms with Crippen LogP contribution in [0.5, 0.6) is 0 Å². The van der Waals surface area contributed by atoms with Gasteiger partial charge in [0.1, 0.15) is 0 Å². The molecule has 0 saturated carbocycles. The average molecular weight is 288 g/mol. The SMILES string of the molecule is Cc1ccccc1SCc1ccc(C#CCCO)s1. The maximum Gasteiger partial charge on any atom is 0.0771 e. The lowest BCUT2D eigenvalue weighted by atomic mass is 10.2. The molecule has 0 bridgehead atoms. The second-order valence-corrected chi connectivity index (χ2v) is 6.28. The molecule has 1 heterocycles. The van der Waals surface area contributed by atoms with Gasteiger partial charge >= 0.3 is 0 Å². The van der Waals surface area contributed by atoms with Gasteiger partial charge in [-0.2, -0.15) is 0 Å². The van der Waals surface area contributed by atoms with E-state index in [1.807, 2.05) is 11.8 Å². The Bertz CT molecular complexity index is 590. The molecule has 3 heteroatoms. The van der Waals surface area contributed by atoms with Crippen molar-refractivity contribution < 1.29 is 5.11 Å². The molecule has 0 unspecified atom stereocenters. The van der Waals surface area contributed by atoms with Crippen LogP contribution < -0.4 is 0 Å². The van der Waals surface area contributed by atoms with E-state index in [1.165, 1.54) is 15.3 Å². The van der Waals surface area contributed by atoms with Crippen molar-refractivity contribution in [1.82, 2.24) is 0 Å². The fourth-order valence-corrected chi connectivity index (χ4v) is 3.55. The van der Waals surface area contributed by atoms with Gasteiger partial charge in [-0.25, -0.2) is 0 Å². The number of benzene rings is 1. The Kier molecular flexibility index (Phi) is 5.53. The van der Waals surface area contributed by atoms with Crippen molar-refractivity contribution in [2.75, 3.05) is 6.61 Å². The molecule has 0 aliphatic heterocycles. The van der Waals surface area contributed by atoms with E-state index in [4.69, 9.17) is 5.11 Å². The van der Waals surface area contributed by atoms with Crippen LogP contribution in [0.3, 0.4) is 0 Å². The summed E-state index contributed by atoms with van der Waals surface area (Å²) in [5, 5.41) is 8.68. The smallest absolute Gasteiger partial charge is 0.0771 e. The van der Waals surface area contributed by atoms with Gasteiger partial charge in [-0.15, -0.1) is 23.1 Å². The van der Waals surface area contributed by atoms with E-state index in [2.05, 4.69) is 55.2 Å². The number of aryl methyl sites for hydroxylation is 1. The fraction of sp³-hybridized carbons (Fsp3) is 0.250. The molecule has 2 rings (SSSR count). The average Bonchev–Trinajstić information content (AvgIpc) is 2.86. The third kappa shape index (κ3) is 4.43. The molecule has 1 aromatic heterocycles. The zero-order valence-electron chi connectivity index (χ0n) is 10.8. The van der Waals surface area contributed by atoms with Crippen LogP contribution >= 0.6 is 23.1 Å². The minimum absolute atomic E-state index is 0.133. The summed E-state index contributed by atoms with van der Waals surface area (Å²) in [6.07, 6.45) is 0.547. The van der Waals surface area contributed by atoms with Gasteiger partial charge in [0.25, 0.3) is 0 Å². The normalized spacial score (nSPS) is 10.0. The van der Waals surface area contributed by atoms with Crippen molar-refractivity contribution in [2.45, 2.75) is 24.0 Å². The van der Waals surface area contributed by atoms with Gasteiger partial charge in [0, 0.05) is 21.9 Å². The van der Waals surface area contributed by atoms with Gasteiger partial charge in [0.2, 0.25) is 0 Å². The number of hydrogen-bond donors (Lipinski definition) is 1. The largest absolute Gasteiger partial charge is 0.395 e. The first-order chi connectivity index (χ1) is 9.29. The maximum absolute atomic E-state index is 8.68. The summed E-state index contributed by atoms with van der Waals surface area (Å²) < 4.78 is 0. The topological polar surface area (TPSA) is 20.2 Å². The number of rotatable bonds is 4. The van der Waals surface area contributed by atoms with E-state index < -0.39 is 0 Å². The highest BCUT2D eigenvalue weighted by molar-refractivity contribution is 7.98. The van der Waals surface area contributed by atoms with Crippen LogP contribution in [-0.4, -0.2) is 11.7 Å². The van der Waals surface area contributed by atoms with Crippen molar-refractivity contribution in [3.63, 3.8) is 0 Å². The van der Waals surface area contributed by atoms with Crippen LogP contribution in [0.1, 0.15) is 21.7 Å². The Balaban J connectivity index is 1.94. The summed E-state index contributed by atoms with van der Waals surface area (Å²) in [5.41, 5.74) is 1.33. The molecule has 0 radical (unpaired) electrons. The number of aliphatic hydroxyl groups is 1. The molecule has 98 valence electrons. The zero-order chi connectivity index (χ0) is 13.5. The molecule has 1 nitrogen and oxygen atoms in total. The lowest BCUT2D eigenvalue weighted by molar-refractivity contribution is 0.305. The second-order valence-electron chi connectivity index (χ2n) is 4.10. The van der Waals surface area contributed by atoms with Crippen LogP contribution in [0.2, 0.25) is 0 Å². The Hall–Kier alpha value is -1.21. The Morgan fingerprint density at radius 3 is 2.84 bits per heavy atom. The Morgan fingerprint density at radius 2 is 2.05 bits per heavy atom. The highest BCUT2D eigenvalue weighted by Crippen LogP contribution is 2.28. The quantitative estimate of drug-likeness (QED) is 0.675. The van der Waals surface area contributed by atoms with Gasteiger partial charge < -0.3 is 5.11 Å². The highest BCUT2D eigenvalue weighted by Gasteiger charge is 2.01. The van der Waals surface area contributed by atoms with Gasteiger partial charge in [0.15, 0.2) is 0 Å². The van der Waals surface area contributed by atoms with E-state index in [0.717, 1.165) is 10.6 Å². The minimum atomic E-state index is 0.133. The zero-order valence-corrected chi connectivity index (χ0v) is 12.5. The first-order valence-electron chi connectivity index (χ1n) is 6.16. The molecule has 0 amide bonds. The van der Waals surface area contributed by atoms with E-state index in [0.29, 0.717) is 6.42 Å². The molecule has 0 fully saturated rings. The molecule has 2 aromatic rings. The second kappa shape index (κ2) is 7.40.